The highest BCUT2D eigenvalue weighted by Gasteiger charge is 2.12. The van der Waals surface area contributed by atoms with Gasteiger partial charge in [0.05, 0.1) is 11.4 Å². The summed E-state index contributed by atoms with van der Waals surface area (Å²) in [6.07, 6.45) is 1.14. The first kappa shape index (κ1) is 17.8. The molecule has 0 unspecified atom stereocenters. The topological polar surface area (TPSA) is 42.3 Å². The minimum absolute atomic E-state index is 0.849. The van der Waals surface area contributed by atoms with Gasteiger partial charge in [0.15, 0.2) is 0 Å². The molecule has 0 saturated carbocycles. The number of fused-ring (bicyclic) bond motifs is 1. The monoisotopic (exact) mass is 362 g/mol. The average Bonchev–Trinajstić information content (AvgIpc) is 2.92. The van der Waals surface area contributed by atoms with Crippen molar-refractivity contribution in [3.05, 3.63) is 77.6 Å². The van der Waals surface area contributed by atoms with E-state index in [2.05, 4.69) is 40.1 Å². The lowest BCUT2D eigenvalue weighted by molar-refractivity contribution is 0.313. The van der Waals surface area contributed by atoms with Crippen LogP contribution in [0.15, 0.2) is 60.7 Å². The van der Waals surface area contributed by atoms with Crippen molar-refractivity contribution in [3.8, 4) is 11.5 Å². The lowest BCUT2D eigenvalue weighted by atomic mass is 10.2. The van der Waals surface area contributed by atoms with E-state index in [0.29, 0.717) is 0 Å². The third-order valence-electron chi connectivity index (χ3n) is 4.73. The van der Waals surface area contributed by atoms with Gasteiger partial charge >= 0.3 is 0 Å². The van der Waals surface area contributed by atoms with Gasteiger partial charge in [-0.15, -0.1) is 0 Å². The molecule has 3 aromatic rings. The van der Waals surface area contributed by atoms with Crippen molar-refractivity contribution >= 4 is 0 Å². The maximum Gasteiger partial charge on any atom is 0.127 e. The number of nitrogens with zero attached hydrogens (tertiary/aromatic N) is 3. The fourth-order valence-electron chi connectivity index (χ4n) is 3.43. The summed E-state index contributed by atoms with van der Waals surface area (Å²) in [4.78, 5) is 2.29. The second kappa shape index (κ2) is 8.37. The normalized spacial score (nSPS) is 14.0. The predicted octanol–water partition coefficient (Wildman–Crippen LogP) is 3.80. The summed E-state index contributed by atoms with van der Waals surface area (Å²) in [6.45, 7) is 4.73. The number of nitrogens with one attached hydrogen (secondary N) is 1. The van der Waals surface area contributed by atoms with E-state index in [4.69, 9.17) is 9.84 Å². The van der Waals surface area contributed by atoms with Gasteiger partial charge in [0.25, 0.3) is 0 Å². The van der Waals surface area contributed by atoms with Crippen LogP contribution in [-0.4, -0.2) is 28.3 Å². The van der Waals surface area contributed by atoms with Gasteiger partial charge in [-0.1, -0.05) is 30.3 Å². The molecule has 0 amide bonds. The van der Waals surface area contributed by atoms with Gasteiger partial charge in [0.1, 0.15) is 11.5 Å². The van der Waals surface area contributed by atoms with Crippen molar-refractivity contribution in [2.45, 2.75) is 32.6 Å². The Morgan fingerprint density at radius 1 is 1.04 bits per heavy atom. The maximum absolute atomic E-state index is 5.86. The number of para-hydroxylation sites is 1. The summed E-state index contributed by atoms with van der Waals surface area (Å²) in [7, 11) is 2.14. The molecule has 0 atom stereocenters. The van der Waals surface area contributed by atoms with E-state index in [9.17, 15) is 0 Å². The summed E-state index contributed by atoms with van der Waals surface area (Å²) < 4.78 is 8.01. The van der Waals surface area contributed by atoms with E-state index in [0.717, 1.165) is 56.3 Å². The van der Waals surface area contributed by atoms with Crippen LogP contribution in [0.2, 0.25) is 0 Å². The van der Waals surface area contributed by atoms with Gasteiger partial charge in [-0.05, 0) is 55.9 Å². The molecule has 1 N–H and O–H groups in total. The van der Waals surface area contributed by atoms with Crippen molar-refractivity contribution in [2.75, 3.05) is 13.6 Å². The second-order valence-electron chi connectivity index (χ2n) is 7.11. The zero-order valence-electron chi connectivity index (χ0n) is 15.8. The molecule has 2 aromatic carbocycles. The standard InChI is InChI=1S/C22H26N4O/c1-25(17-19-14-20-15-23-12-5-13-26(20)24-19)16-18-8-10-22(11-9-18)27-21-6-3-2-4-7-21/h2-4,6-11,14,23H,5,12-13,15-17H2,1H3. The van der Waals surface area contributed by atoms with Crippen LogP contribution in [0.3, 0.4) is 0 Å². The largest absolute Gasteiger partial charge is 0.457 e. The Labute approximate surface area is 160 Å². The molecule has 27 heavy (non-hydrogen) atoms. The Morgan fingerprint density at radius 2 is 1.81 bits per heavy atom. The summed E-state index contributed by atoms with van der Waals surface area (Å²) in [6, 6.07) is 20.4. The summed E-state index contributed by atoms with van der Waals surface area (Å²) in [5, 5.41) is 8.21. The minimum atomic E-state index is 0.849. The van der Waals surface area contributed by atoms with Gasteiger partial charge in [-0.2, -0.15) is 5.10 Å². The van der Waals surface area contributed by atoms with Gasteiger partial charge in [-0.25, -0.2) is 0 Å². The highest BCUT2D eigenvalue weighted by atomic mass is 16.5. The van der Waals surface area contributed by atoms with Crippen LogP contribution >= 0.6 is 0 Å². The molecule has 5 heteroatoms. The van der Waals surface area contributed by atoms with Crippen molar-refractivity contribution in [3.63, 3.8) is 0 Å². The molecular weight excluding hydrogens is 336 g/mol. The van der Waals surface area contributed by atoms with Crippen LogP contribution in [0, 0.1) is 0 Å². The third kappa shape index (κ3) is 4.76. The lowest BCUT2D eigenvalue weighted by Gasteiger charge is -2.15. The fraction of sp³-hybridized carbons (Fsp3) is 0.318. The first-order valence-electron chi connectivity index (χ1n) is 9.53. The summed E-state index contributed by atoms with van der Waals surface area (Å²) in [5.74, 6) is 1.72. The first-order valence-corrected chi connectivity index (χ1v) is 9.53. The zero-order chi connectivity index (χ0) is 18.5. The molecule has 0 fully saturated rings. The van der Waals surface area contributed by atoms with Gasteiger partial charge < -0.3 is 10.1 Å². The average molecular weight is 362 g/mol. The Hall–Kier alpha value is -2.63. The smallest absolute Gasteiger partial charge is 0.127 e. The maximum atomic E-state index is 5.86. The van der Waals surface area contributed by atoms with Crippen molar-refractivity contribution in [2.24, 2.45) is 0 Å². The number of aromatic nitrogens is 2. The molecule has 5 nitrogen and oxygen atoms in total. The molecule has 1 aliphatic heterocycles. The second-order valence-corrected chi connectivity index (χ2v) is 7.11. The van der Waals surface area contributed by atoms with Gasteiger partial charge in [0.2, 0.25) is 0 Å². The molecule has 0 radical (unpaired) electrons. The molecule has 0 bridgehead atoms. The van der Waals surface area contributed by atoms with Crippen molar-refractivity contribution < 1.29 is 4.74 Å². The van der Waals surface area contributed by atoms with E-state index < -0.39 is 0 Å². The number of rotatable bonds is 6. The predicted molar refractivity (Wildman–Crippen MR) is 107 cm³/mol. The molecular formula is C22H26N4O. The Morgan fingerprint density at radius 3 is 2.63 bits per heavy atom. The Balaban J connectivity index is 1.33. The van der Waals surface area contributed by atoms with Crippen LogP contribution in [0.4, 0.5) is 0 Å². The molecule has 4 rings (SSSR count). The quantitative estimate of drug-likeness (QED) is 0.724. The molecule has 0 aliphatic carbocycles. The number of ether oxygens (including phenoxy) is 1. The van der Waals surface area contributed by atoms with Crippen LogP contribution in [0.1, 0.15) is 23.4 Å². The van der Waals surface area contributed by atoms with Gasteiger partial charge in [-0.3, -0.25) is 9.58 Å². The molecule has 2 heterocycles. The van der Waals surface area contributed by atoms with E-state index in [1.165, 1.54) is 11.3 Å². The van der Waals surface area contributed by atoms with Crippen LogP contribution in [-0.2, 0) is 26.2 Å². The number of hydrogen-bond donors (Lipinski definition) is 1. The third-order valence-corrected chi connectivity index (χ3v) is 4.73. The van der Waals surface area contributed by atoms with Crippen LogP contribution < -0.4 is 10.1 Å². The lowest BCUT2D eigenvalue weighted by Crippen LogP contribution is -2.18. The van der Waals surface area contributed by atoms with Gasteiger partial charge in [0, 0.05) is 26.2 Å². The number of hydrogen-bond acceptors (Lipinski definition) is 4. The van der Waals surface area contributed by atoms with Crippen molar-refractivity contribution in [1.82, 2.24) is 20.0 Å². The fourth-order valence-corrected chi connectivity index (χ4v) is 3.43. The minimum Gasteiger partial charge on any atom is -0.457 e. The summed E-state index contributed by atoms with van der Waals surface area (Å²) in [5.41, 5.74) is 3.69. The zero-order valence-corrected chi connectivity index (χ0v) is 15.8. The van der Waals surface area contributed by atoms with Crippen LogP contribution in [0.5, 0.6) is 11.5 Å². The highest BCUT2D eigenvalue weighted by molar-refractivity contribution is 5.33. The van der Waals surface area contributed by atoms with E-state index in [-0.39, 0.29) is 0 Å². The first-order chi connectivity index (χ1) is 13.3. The summed E-state index contributed by atoms with van der Waals surface area (Å²) >= 11 is 0. The highest BCUT2D eigenvalue weighted by Crippen LogP contribution is 2.21. The SMILES string of the molecule is CN(Cc1ccc(Oc2ccccc2)cc1)Cc1cc2n(n1)CCCNC2. The Bertz CT molecular complexity index is 834. The molecule has 0 spiro atoms. The molecule has 1 aromatic heterocycles. The van der Waals surface area contributed by atoms with E-state index >= 15 is 0 Å². The molecule has 0 saturated heterocycles. The number of aryl methyl sites for hydroxylation is 1. The van der Waals surface area contributed by atoms with Crippen LogP contribution in [0.25, 0.3) is 0 Å². The number of benzene rings is 2. The van der Waals surface area contributed by atoms with E-state index in [1.807, 2.05) is 42.5 Å². The van der Waals surface area contributed by atoms with E-state index in [1.54, 1.807) is 0 Å². The Kier molecular flexibility index (Phi) is 5.51. The molecule has 140 valence electrons. The molecule has 1 aliphatic rings. The van der Waals surface area contributed by atoms with Crippen molar-refractivity contribution in [1.29, 1.82) is 0 Å².